The van der Waals surface area contributed by atoms with E-state index in [1.54, 1.807) is 0 Å². The maximum absolute atomic E-state index is 9.91. The molecule has 0 atom stereocenters. The van der Waals surface area contributed by atoms with E-state index >= 15 is 0 Å². The maximum Gasteiger partial charge on any atom is 0.101 e. The molecule has 3 rings (SSSR count). The molecule has 0 saturated carbocycles. The van der Waals surface area contributed by atoms with Crippen LogP contribution in [0.1, 0.15) is 11.1 Å². The van der Waals surface area contributed by atoms with E-state index < -0.39 is 16.1 Å². The van der Waals surface area contributed by atoms with Gasteiger partial charge in [-0.3, -0.25) is 0 Å². The van der Waals surface area contributed by atoms with Gasteiger partial charge in [-0.25, -0.2) is 0 Å². The molecule has 0 unspecified atom stereocenters. The smallest absolute Gasteiger partial charge is 0.101 e. The fraction of sp³-hybridized carbons (Fsp3) is 0.231. The zero-order chi connectivity index (χ0) is 22.1. The van der Waals surface area contributed by atoms with Crippen LogP contribution >= 0.6 is 0 Å². The van der Waals surface area contributed by atoms with Crippen LogP contribution in [0.25, 0.3) is 22.3 Å². The van der Waals surface area contributed by atoms with Crippen molar-refractivity contribution >= 4 is 26.5 Å². The molecule has 0 spiro atoms. The molecule has 0 bridgehead atoms. The Morgan fingerprint density at radius 1 is 0.500 bits per heavy atom. The molecule has 0 amide bonds. The summed E-state index contributed by atoms with van der Waals surface area (Å²) in [6.07, 6.45) is 0. The summed E-state index contributed by atoms with van der Waals surface area (Å²) in [7, 11) is -2.77. The number of rotatable bonds is 4. The molecule has 3 aromatic carbocycles. The van der Waals surface area contributed by atoms with Gasteiger partial charge >= 0.3 is 0 Å². The molecule has 150 valence electrons. The summed E-state index contributed by atoms with van der Waals surface area (Å²) in [5.74, 6) is 0. The van der Waals surface area contributed by atoms with Crippen LogP contribution in [0.4, 0.5) is 0 Å². The van der Waals surface area contributed by atoms with Gasteiger partial charge < -0.3 is 0 Å². The Bertz CT molecular complexity index is 1050. The Hall–Kier alpha value is -2.93. The summed E-state index contributed by atoms with van der Waals surface area (Å²) in [6, 6.07) is 25.5. The fourth-order valence-corrected chi connectivity index (χ4v) is 5.95. The Balaban J connectivity index is 2.10. The highest BCUT2D eigenvalue weighted by atomic mass is 28.3. The summed E-state index contributed by atoms with van der Waals surface area (Å²) in [6.45, 7) is 13.9. The average Bonchev–Trinajstić information content (AvgIpc) is 2.71. The van der Waals surface area contributed by atoms with Crippen LogP contribution in [0.5, 0.6) is 0 Å². The van der Waals surface area contributed by atoms with Crippen molar-refractivity contribution in [3.63, 3.8) is 0 Å². The third kappa shape index (κ3) is 4.31. The van der Waals surface area contributed by atoms with Gasteiger partial charge in [0, 0.05) is 11.1 Å². The molecular formula is C26H28N2Si2. The van der Waals surface area contributed by atoms with Crippen molar-refractivity contribution in [3.05, 3.63) is 71.8 Å². The second kappa shape index (κ2) is 8.07. The van der Waals surface area contributed by atoms with Crippen LogP contribution in [0.2, 0.25) is 39.3 Å². The molecular weight excluding hydrogens is 396 g/mol. The molecule has 0 N–H and O–H groups in total. The van der Waals surface area contributed by atoms with E-state index in [1.807, 2.05) is 12.1 Å². The zero-order valence-electron chi connectivity index (χ0n) is 18.7. The average molecular weight is 425 g/mol. The van der Waals surface area contributed by atoms with Crippen LogP contribution in [0, 0.1) is 22.7 Å². The lowest BCUT2D eigenvalue weighted by Crippen LogP contribution is -2.37. The highest BCUT2D eigenvalue weighted by Gasteiger charge is 2.20. The molecule has 3 aromatic rings. The first kappa shape index (κ1) is 21.8. The molecule has 0 fully saturated rings. The molecule has 0 aliphatic rings. The van der Waals surface area contributed by atoms with E-state index in [9.17, 15) is 10.5 Å². The van der Waals surface area contributed by atoms with Gasteiger partial charge in [-0.15, -0.1) is 0 Å². The minimum absolute atomic E-state index is 0.449. The predicted octanol–water partition coefficient (Wildman–Crippen LogP) is 5.85. The van der Waals surface area contributed by atoms with Gasteiger partial charge in [0.05, 0.1) is 27.3 Å². The number of nitriles is 2. The fourth-order valence-electron chi connectivity index (χ4n) is 3.62. The minimum atomic E-state index is -1.38. The van der Waals surface area contributed by atoms with Gasteiger partial charge in [0.2, 0.25) is 0 Å². The van der Waals surface area contributed by atoms with Gasteiger partial charge in [0.25, 0.3) is 0 Å². The van der Waals surface area contributed by atoms with Gasteiger partial charge in [-0.1, -0.05) is 110 Å². The van der Waals surface area contributed by atoms with Crippen molar-refractivity contribution in [2.75, 3.05) is 0 Å². The lowest BCUT2D eigenvalue weighted by molar-refractivity contribution is 1.42. The van der Waals surface area contributed by atoms with Crippen molar-refractivity contribution in [1.82, 2.24) is 0 Å². The summed E-state index contributed by atoms with van der Waals surface area (Å²) < 4.78 is 0. The molecule has 0 saturated heterocycles. The first-order chi connectivity index (χ1) is 14.1. The van der Waals surface area contributed by atoms with Crippen molar-refractivity contribution in [1.29, 1.82) is 10.5 Å². The number of nitrogens with zero attached hydrogens (tertiary/aromatic N) is 2. The van der Waals surface area contributed by atoms with Gasteiger partial charge in [-0.05, 0) is 11.1 Å². The molecule has 4 heteroatoms. The molecule has 0 aromatic heterocycles. The summed E-state index contributed by atoms with van der Waals surface area (Å²) in [5, 5.41) is 22.6. The number of hydrogen-bond donors (Lipinski definition) is 0. The molecule has 0 aliphatic heterocycles. The molecule has 30 heavy (non-hydrogen) atoms. The van der Waals surface area contributed by atoms with Crippen LogP contribution in [-0.4, -0.2) is 16.1 Å². The van der Waals surface area contributed by atoms with Crippen LogP contribution in [-0.2, 0) is 0 Å². The lowest BCUT2D eigenvalue weighted by atomic mass is 9.90. The largest absolute Gasteiger partial charge is 0.192 e. The molecule has 2 nitrogen and oxygen atoms in total. The van der Waals surface area contributed by atoms with Crippen LogP contribution < -0.4 is 10.4 Å². The van der Waals surface area contributed by atoms with Crippen molar-refractivity contribution in [2.24, 2.45) is 0 Å². The topological polar surface area (TPSA) is 47.6 Å². The van der Waals surface area contributed by atoms with E-state index in [0.29, 0.717) is 11.1 Å². The minimum Gasteiger partial charge on any atom is -0.192 e. The van der Waals surface area contributed by atoms with E-state index in [2.05, 4.69) is 100.0 Å². The Kier molecular flexibility index (Phi) is 5.86. The van der Waals surface area contributed by atoms with Gasteiger partial charge in [-0.2, -0.15) is 10.5 Å². The Morgan fingerprint density at radius 2 is 0.800 bits per heavy atom. The second-order valence-corrected chi connectivity index (χ2v) is 19.9. The molecule has 0 radical (unpaired) electrons. The summed E-state index contributed by atoms with van der Waals surface area (Å²) >= 11 is 0. The highest BCUT2D eigenvalue weighted by molar-refractivity contribution is 6.89. The first-order valence-corrected chi connectivity index (χ1v) is 17.3. The third-order valence-electron chi connectivity index (χ3n) is 5.55. The molecule has 0 aliphatic carbocycles. The number of benzene rings is 3. The number of hydrogen-bond acceptors (Lipinski definition) is 2. The third-order valence-corrected chi connectivity index (χ3v) is 9.68. The van der Waals surface area contributed by atoms with Gasteiger partial charge in [0.1, 0.15) is 12.1 Å². The van der Waals surface area contributed by atoms with Crippen LogP contribution in [0.3, 0.4) is 0 Å². The normalized spacial score (nSPS) is 11.6. The highest BCUT2D eigenvalue weighted by Crippen LogP contribution is 2.32. The quantitative estimate of drug-likeness (QED) is 0.493. The monoisotopic (exact) mass is 424 g/mol. The maximum atomic E-state index is 9.91. The molecule has 0 heterocycles. The van der Waals surface area contributed by atoms with E-state index in [1.165, 1.54) is 10.4 Å². The van der Waals surface area contributed by atoms with Crippen molar-refractivity contribution in [2.45, 2.75) is 39.3 Å². The Morgan fingerprint density at radius 3 is 1.03 bits per heavy atom. The second-order valence-electron chi connectivity index (χ2n) is 9.79. The SMILES string of the molecule is C[Si](C)(C)c1ccc(-c2ccc(-c3ccc([Si](C)(C)C)cc3)c(C#N)c2C#N)cc1. The van der Waals surface area contributed by atoms with E-state index in [-0.39, 0.29) is 0 Å². The summed E-state index contributed by atoms with van der Waals surface area (Å²) in [5.41, 5.74) is 4.49. The van der Waals surface area contributed by atoms with E-state index in [4.69, 9.17) is 0 Å². The van der Waals surface area contributed by atoms with Gasteiger partial charge in [0.15, 0.2) is 0 Å². The van der Waals surface area contributed by atoms with E-state index in [0.717, 1.165) is 22.3 Å². The first-order valence-electron chi connectivity index (χ1n) is 10.3. The van der Waals surface area contributed by atoms with Crippen molar-refractivity contribution < 1.29 is 0 Å². The predicted molar refractivity (Wildman–Crippen MR) is 133 cm³/mol. The summed E-state index contributed by atoms with van der Waals surface area (Å²) in [4.78, 5) is 0. The Labute approximate surface area is 182 Å². The standard InChI is InChI=1S/C26H28N2Si2/c1-29(2,3)21-11-7-19(8-12-21)23-15-16-24(26(18-28)25(23)17-27)20-9-13-22(14-10-20)30(4,5)6/h7-16H,1-6H3. The van der Waals surface area contributed by atoms with Crippen LogP contribution in [0.15, 0.2) is 60.7 Å². The lowest BCUT2D eigenvalue weighted by Gasteiger charge is -2.18. The zero-order valence-corrected chi connectivity index (χ0v) is 20.7. The van der Waals surface area contributed by atoms with Crippen molar-refractivity contribution in [3.8, 4) is 34.4 Å².